The summed E-state index contributed by atoms with van der Waals surface area (Å²) >= 11 is 1.04. The second-order valence-electron chi connectivity index (χ2n) is 5.66. The van der Waals surface area contributed by atoms with Crippen LogP contribution in [-0.2, 0) is 4.74 Å². The van der Waals surface area contributed by atoms with Crippen LogP contribution in [0.5, 0.6) is 11.5 Å². The predicted octanol–water partition coefficient (Wildman–Crippen LogP) is 5.61. The molecule has 2 aromatic carbocycles. The molecule has 0 aliphatic carbocycles. The van der Waals surface area contributed by atoms with Gasteiger partial charge in [0.05, 0.1) is 31.5 Å². The average molecular weight is 383 g/mol. The number of nitrogens with one attached hydrogen (secondary N) is 1. The van der Waals surface area contributed by atoms with E-state index in [0.29, 0.717) is 6.61 Å². The Morgan fingerprint density at radius 3 is 2.00 bits per heavy atom. The Hall–Kier alpha value is -2.86. The second-order valence-corrected chi connectivity index (χ2v) is 6.64. The fourth-order valence-corrected chi connectivity index (χ4v) is 3.39. The van der Waals surface area contributed by atoms with E-state index in [1.165, 1.54) is 0 Å². The highest BCUT2D eigenvalue weighted by molar-refractivity contribution is 8.13. The third-order valence-electron chi connectivity index (χ3n) is 4.03. The molecule has 3 rings (SSSR count). The molecule has 0 amide bonds. The number of carbonyl (C=O) groups excluding carboxylic acids is 1. The van der Waals surface area contributed by atoms with Crippen LogP contribution in [0.4, 0.5) is 4.79 Å². The average Bonchev–Trinajstić information content (AvgIpc) is 3.12. The quantitative estimate of drug-likeness (QED) is 0.442. The van der Waals surface area contributed by atoms with Crippen molar-refractivity contribution >= 4 is 17.1 Å². The monoisotopic (exact) mass is 383 g/mol. The molecule has 0 aliphatic rings. The largest absolute Gasteiger partial charge is 0.497 e. The summed E-state index contributed by atoms with van der Waals surface area (Å²) in [7, 11) is 3.28. The Kier molecular flexibility index (Phi) is 6.08. The molecule has 0 radical (unpaired) electrons. The van der Waals surface area contributed by atoms with Crippen molar-refractivity contribution in [2.24, 2.45) is 0 Å². The van der Waals surface area contributed by atoms with E-state index in [1.807, 2.05) is 54.6 Å². The van der Waals surface area contributed by atoms with Gasteiger partial charge in [-0.1, -0.05) is 12.1 Å². The fourth-order valence-electron chi connectivity index (χ4n) is 2.71. The van der Waals surface area contributed by atoms with Crippen LogP contribution in [0.25, 0.3) is 22.4 Å². The molecule has 0 saturated carbocycles. The molecule has 1 aromatic heterocycles. The molecular formula is C21H21NO4S. The number of ether oxygens (including phenoxy) is 3. The molecule has 0 spiro atoms. The van der Waals surface area contributed by atoms with Crippen molar-refractivity contribution < 1.29 is 19.0 Å². The lowest BCUT2D eigenvalue weighted by Crippen LogP contribution is -1.95. The van der Waals surface area contributed by atoms with Gasteiger partial charge in [0.2, 0.25) is 0 Å². The van der Waals surface area contributed by atoms with Gasteiger partial charge in [0, 0.05) is 17.3 Å². The molecule has 0 aliphatic heterocycles. The highest BCUT2D eigenvalue weighted by Crippen LogP contribution is 2.37. The smallest absolute Gasteiger partial charge is 0.373 e. The summed E-state index contributed by atoms with van der Waals surface area (Å²) in [5.74, 6) is 1.58. The van der Waals surface area contributed by atoms with Crippen LogP contribution in [0.15, 0.2) is 59.6 Å². The maximum absolute atomic E-state index is 11.9. The number of rotatable bonds is 6. The van der Waals surface area contributed by atoms with Gasteiger partial charge in [0.1, 0.15) is 11.5 Å². The lowest BCUT2D eigenvalue weighted by Gasteiger charge is -2.07. The van der Waals surface area contributed by atoms with Crippen LogP contribution in [0.1, 0.15) is 6.92 Å². The Morgan fingerprint density at radius 2 is 1.48 bits per heavy atom. The van der Waals surface area contributed by atoms with Crippen LogP contribution in [0, 0.1) is 0 Å². The number of thioether (sulfide) groups is 1. The van der Waals surface area contributed by atoms with E-state index in [4.69, 9.17) is 14.2 Å². The van der Waals surface area contributed by atoms with Gasteiger partial charge in [-0.15, -0.1) is 0 Å². The summed E-state index contributed by atoms with van der Waals surface area (Å²) in [4.78, 5) is 15.2. The van der Waals surface area contributed by atoms with Crippen LogP contribution in [-0.4, -0.2) is 31.1 Å². The Balaban J connectivity index is 2.02. The van der Waals surface area contributed by atoms with E-state index in [2.05, 4.69) is 4.98 Å². The summed E-state index contributed by atoms with van der Waals surface area (Å²) in [6, 6.07) is 17.6. The van der Waals surface area contributed by atoms with Crippen molar-refractivity contribution in [1.29, 1.82) is 0 Å². The molecule has 5 nitrogen and oxygen atoms in total. The van der Waals surface area contributed by atoms with Crippen molar-refractivity contribution in [2.45, 2.75) is 11.9 Å². The van der Waals surface area contributed by atoms with E-state index < -0.39 is 0 Å². The minimum absolute atomic E-state index is 0.332. The Labute approximate surface area is 162 Å². The van der Waals surface area contributed by atoms with Gasteiger partial charge < -0.3 is 19.2 Å². The van der Waals surface area contributed by atoms with E-state index in [0.717, 1.165) is 50.7 Å². The van der Waals surface area contributed by atoms with Crippen LogP contribution < -0.4 is 9.47 Å². The SMILES string of the molecule is CCOC(=O)Sc1cc(-c2ccc(OC)cc2)c(-c2ccc(OC)cc2)[nH]1. The van der Waals surface area contributed by atoms with E-state index in [-0.39, 0.29) is 5.30 Å². The number of benzene rings is 2. The number of H-pyrrole nitrogens is 1. The highest BCUT2D eigenvalue weighted by atomic mass is 32.2. The maximum atomic E-state index is 11.9. The zero-order valence-electron chi connectivity index (χ0n) is 15.4. The van der Waals surface area contributed by atoms with Crippen molar-refractivity contribution in [2.75, 3.05) is 20.8 Å². The van der Waals surface area contributed by atoms with Crippen molar-refractivity contribution in [3.8, 4) is 33.9 Å². The van der Waals surface area contributed by atoms with Gasteiger partial charge in [0.15, 0.2) is 0 Å². The summed E-state index contributed by atoms with van der Waals surface area (Å²) in [6.45, 7) is 2.14. The topological polar surface area (TPSA) is 60.6 Å². The molecule has 0 fully saturated rings. The third-order valence-corrected chi connectivity index (χ3v) is 4.75. The van der Waals surface area contributed by atoms with Crippen LogP contribution >= 0.6 is 11.8 Å². The fraction of sp³-hybridized carbons (Fsp3) is 0.190. The third kappa shape index (κ3) is 4.46. The number of methoxy groups -OCH3 is 2. The molecule has 27 heavy (non-hydrogen) atoms. The van der Waals surface area contributed by atoms with Gasteiger partial charge in [-0.2, -0.15) is 0 Å². The number of aromatic nitrogens is 1. The van der Waals surface area contributed by atoms with Crippen LogP contribution in [0.2, 0.25) is 0 Å². The van der Waals surface area contributed by atoms with Gasteiger partial charge in [-0.25, -0.2) is 4.79 Å². The minimum atomic E-state index is -0.332. The first-order chi connectivity index (χ1) is 13.1. The number of carbonyl (C=O) groups is 1. The van der Waals surface area contributed by atoms with Crippen molar-refractivity contribution in [3.05, 3.63) is 54.6 Å². The van der Waals surface area contributed by atoms with Gasteiger partial charge >= 0.3 is 5.30 Å². The van der Waals surface area contributed by atoms with E-state index in [1.54, 1.807) is 21.1 Å². The van der Waals surface area contributed by atoms with Gasteiger partial charge in [-0.05, 0) is 60.5 Å². The first-order valence-electron chi connectivity index (χ1n) is 8.51. The van der Waals surface area contributed by atoms with Gasteiger partial charge in [0.25, 0.3) is 0 Å². The number of hydrogen-bond acceptors (Lipinski definition) is 5. The molecular weight excluding hydrogens is 362 g/mol. The molecule has 0 unspecified atom stereocenters. The maximum Gasteiger partial charge on any atom is 0.373 e. The second kappa shape index (κ2) is 8.68. The number of hydrogen-bond donors (Lipinski definition) is 1. The van der Waals surface area contributed by atoms with Gasteiger partial charge in [-0.3, -0.25) is 0 Å². The molecule has 0 atom stereocenters. The Morgan fingerprint density at radius 1 is 0.926 bits per heavy atom. The van der Waals surface area contributed by atoms with Crippen LogP contribution in [0.3, 0.4) is 0 Å². The van der Waals surface area contributed by atoms with Crippen molar-refractivity contribution in [1.82, 2.24) is 4.98 Å². The van der Waals surface area contributed by atoms with Crippen molar-refractivity contribution in [3.63, 3.8) is 0 Å². The molecule has 1 heterocycles. The first kappa shape index (κ1) is 18.9. The zero-order valence-corrected chi connectivity index (χ0v) is 16.3. The molecule has 0 bridgehead atoms. The molecule has 3 aromatic rings. The standard InChI is InChI=1S/C21H21NO4S/c1-4-26-21(23)27-19-13-18(14-5-9-16(24-2)10-6-14)20(22-19)15-7-11-17(25-3)12-8-15/h5-13,22H,4H2,1-3H3. The molecule has 1 N–H and O–H groups in total. The summed E-state index contributed by atoms with van der Waals surface area (Å²) in [5.41, 5.74) is 3.94. The molecule has 6 heteroatoms. The minimum Gasteiger partial charge on any atom is -0.497 e. The summed E-state index contributed by atoms with van der Waals surface area (Å²) < 4.78 is 15.5. The molecule has 140 valence electrons. The lowest BCUT2D eigenvalue weighted by molar-refractivity contribution is 0.181. The van der Waals surface area contributed by atoms with E-state index in [9.17, 15) is 4.79 Å². The first-order valence-corrected chi connectivity index (χ1v) is 9.32. The zero-order chi connectivity index (χ0) is 19.2. The normalized spacial score (nSPS) is 10.5. The lowest BCUT2D eigenvalue weighted by atomic mass is 10.0. The summed E-state index contributed by atoms with van der Waals surface area (Å²) in [6.07, 6.45) is 0. The highest BCUT2D eigenvalue weighted by Gasteiger charge is 2.15. The summed E-state index contributed by atoms with van der Waals surface area (Å²) in [5, 5.41) is 0.395. The number of aromatic amines is 1. The molecule has 0 saturated heterocycles. The predicted molar refractivity (Wildman–Crippen MR) is 108 cm³/mol. The van der Waals surface area contributed by atoms with E-state index >= 15 is 0 Å². The Bertz CT molecular complexity index is 836.